The molecule has 2 saturated heterocycles. The number of hydrogen-bond acceptors (Lipinski definition) is 7. The van der Waals surface area contributed by atoms with E-state index in [4.69, 9.17) is 10.8 Å². The lowest BCUT2D eigenvalue weighted by atomic mass is 9.81. The third-order valence-corrected chi connectivity index (χ3v) is 7.33. The molecule has 0 spiro atoms. The first-order chi connectivity index (χ1) is 17.0. The smallest absolute Gasteiger partial charge is 0.253 e. The van der Waals surface area contributed by atoms with Crippen LogP contribution in [-0.4, -0.2) is 87.7 Å². The van der Waals surface area contributed by atoms with E-state index in [1.165, 1.54) is 0 Å². The van der Waals surface area contributed by atoms with E-state index >= 15 is 0 Å². The van der Waals surface area contributed by atoms with E-state index in [0.717, 1.165) is 44.8 Å². The number of piperidine rings is 1. The van der Waals surface area contributed by atoms with Crippen molar-refractivity contribution in [3.05, 3.63) is 53.9 Å². The van der Waals surface area contributed by atoms with Gasteiger partial charge in [-0.15, -0.1) is 15.3 Å². The zero-order valence-electron chi connectivity index (χ0n) is 20.1. The molecule has 0 radical (unpaired) electrons. The molecule has 35 heavy (non-hydrogen) atoms. The molecule has 5 rings (SSSR count). The molecule has 0 saturated carbocycles. The van der Waals surface area contributed by atoms with Crippen LogP contribution in [-0.2, 0) is 11.2 Å². The van der Waals surface area contributed by atoms with E-state index in [2.05, 4.69) is 27.0 Å². The number of carbonyl (C=O) groups excluding carboxylic acids is 2. The number of nitrogens with two attached hydrogens (primary N) is 1. The van der Waals surface area contributed by atoms with E-state index in [1.807, 2.05) is 47.4 Å². The molecule has 2 aromatic heterocycles. The standard InChI is InChI=1S/C25H32N8O2/c1-30-13-15-31(16-14-30)22-8-7-21-27-28-23(33(21)29-22)17-20(24(26)34)18-9-11-32(12-10-18)25(35)19-5-3-2-4-6-19/h2-8,18,20H,9-17H2,1H3,(H2,26,34). The topological polar surface area (TPSA) is 113 Å². The van der Waals surface area contributed by atoms with Crippen molar-refractivity contribution in [1.29, 1.82) is 0 Å². The number of anilines is 1. The molecule has 2 amide bonds. The molecular formula is C25H32N8O2. The number of nitrogens with zero attached hydrogens (tertiary/aromatic N) is 7. The van der Waals surface area contributed by atoms with Gasteiger partial charge in [-0.2, -0.15) is 4.52 Å². The molecule has 1 unspecified atom stereocenters. The van der Waals surface area contributed by atoms with Crippen molar-refractivity contribution in [1.82, 2.24) is 29.6 Å². The van der Waals surface area contributed by atoms with Crippen molar-refractivity contribution >= 4 is 23.3 Å². The number of rotatable bonds is 6. The van der Waals surface area contributed by atoms with Gasteiger partial charge in [0.2, 0.25) is 5.91 Å². The van der Waals surface area contributed by atoms with E-state index in [9.17, 15) is 9.59 Å². The van der Waals surface area contributed by atoms with Gasteiger partial charge in [0.05, 0.1) is 0 Å². The fourth-order valence-corrected chi connectivity index (χ4v) is 5.12. The second-order valence-corrected chi connectivity index (χ2v) is 9.58. The number of piperazine rings is 1. The summed E-state index contributed by atoms with van der Waals surface area (Å²) in [5.74, 6) is 0.914. The van der Waals surface area contributed by atoms with Gasteiger partial charge in [0.25, 0.3) is 5.91 Å². The summed E-state index contributed by atoms with van der Waals surface area (Å²) in [7, 11) is 2.12. The minimum Gasteiger partial charge on any atom is -0.369 e. The predicted octanol–water partition coefficient (Wildman–Crippen LogP) is 1.07. The van der Waals surface area contributed by atoms with Gasteiger partial charge in [0.1, 0.15) is 5.82 Å². The predicted molar refractivity (Wildman–Crippen MR) is 132 cm³/mol. The zero-order valence-corrected chi connectivity index (χ0v) is 20.1. The number of primary amides is 1. The molecular weight excluding hydrogens is 444 g/mol. The minimum absolute atomic E-state index is 0.0313. The van der Waals surface area contributed by atoms with Gasteiger partial charge in [0.15, 0.2) is 11.5 Å². The Morgan fingerprint density at radius 1 is 0.971 bits per heavy atom. The first kappa shape index (κ1) is 23.2. The van der Waals surface area contributed by atoms with Crippen LogP contribution < -0.4 is 10.6 Å². The summed E-state index contributed by atoms with van der Waals surface area (Å²) in [6.45, 7) is 5.02. The summed E-state index contributed by atoms with van der Waals surface area (Å²) in [6, 6.07) is 13.2. The molecule has 3 aromatic rings. The maximum Gasteiger partial charge on any atom is 0.253 e. The highest BCUT2D eigenvalue weighted by atomic mass is 16.2. The normalized spacial score (nSPS) is 18.7. The Morgan fingerprint density at radius 2 is 1.69 bits per heavy atom. The van der Waals surface area contributed by atoms with E-state index in [0.29, 0.717) is 36.5 Å². The molecule has 2 aliphatic heterocycles. The fourth-order valence-electron chi connectivity index (χ4n) is 5.12. The quantitative estimate of drug-likeness (QED) is 0.566. The molecule has 184 valence electrons. The Morgan fingerprint density at radius 3 is 2.37 bits per heavy atom. The third-order valence-electron chi connectivity index (χ3n) is 7.33. The van der Waals surface area contributed by atoms with E-state index in [-0.39, 0.29) is 23.7 Å². The average molecular weight is 477 g/mol. The van der Waals surface area contributed by atoms with Gasteiger partial charge < -0.3 is 20.4 Å². The van der Waals surface area contributed by atoms with Gasteiger partial charge in [0, 0.05) is 57.2 Å². The van der Waals surface area contributed by atoms with Crippen molar-refractivity contribution in [2.75, 3.05) is 51.2 Å². The summed E-state index contributed by atoms with van der Waals surface area (Å²) in [5.41, 5.74) is 7.21. The van der Waals surface area contributed by atoms with Crippen molar-refractivity contribution in [2.45, 2.75) is 19.3 Å². The van der Waals surface area contributed by atoms with Crippen molar-refractivity contribution in [3.63, 3.8) is 0 Å². The second kappa shape index (κ2) is 9.99. The molecule has 4 heterocycles. The van der Waals surface area contributed by atoms with Gasteiger partial charge in [-0.25, -0.2) is 0 Å². The highest BCUT2D eigenvalue weighted by molar-refractivity contribution is 5.94. The van der Waals surface area contributed by atoms with Crippen LogP contribution in [0.2, 0.25) is 0 Å². The van der Waals surface area contributed by atoms with Crippen LogP contribution in [0, 0.1) is 11.8 Å². The Balaban J connectivity index is 1.28. The second-order valence-electron chi connectivity index (χ2n) is 9.58. The maximum atomic E-state index is 12.8. The van der Waals surface area contributed by atoms with Crippen LogP contribution in [0.5, 0.6) is 0 Å². The van der Waals surface area contributed by atoms with Crippen LogP contribution in [0.15, 0.2) is 42.5 Å². The summed E-state index contributed by atoms with van der Waals surface area (Å²) >= 11 is 0. The van der Waals surface area contributed by atoms with Crippen molar-refractivity contribution in [2.24, 2.45) is 17.6 Å². The number of likely N-dealkylation sites (tertiary alicyclic amines) is 1. The third kappa shape index (κ3) is 4.97. The SMILES string of the molecule is CN1CCN(c2ccc3nnc(CC(C(N)=O)C4CCN(C(=O)c5ccccc5)CC4)n3n2)CC1. The highest BCUT2D eigenvalue weighted by Crippen LogP contribution is 2.28. The molecule has 0 aliphatic carbocycles. The van der Waals surface area contributed by atoms with Crippen molar-refractivity contribution in [3.8, 4) is 0 Å². The van der Waals surface area contributed by atoms with Gasteiger partial charge in [-0.1, -0.05) is 18.2 Å². The zero-order chi connectivity index (χ0) is 24.4. The molecule has 1 aromatic carbocycles. The lowest BCUT2D eigenvalue weighted by Gasteiger charge is -2.35. The molecule has 1 atom stereocenters. The highest BCUT2D eigenvalue weighted by Gasteiger charge is 2.33. The Hall–Kier alpha value is -3.53. The number of likely N-dealkylation sites (N-methyl/N-ethyl adjacent to an activating group) is 1. The monoisotopic (exact) mass is 476 g/mol. The summed E-state index contributed by atoms with van der Waals surface area (Å²) in [6.07, 6.45) is 1.83. The summed E-state index contributed by atoms with van der Waals surface area (Å²) < 4.78 is 1.75. The van der Waals surface area contributed by atoms with Gasteiger partial charge in [-0.3, -0.25) is 9.59 Å². The number of aromatic nitrogens is 4. The molecule has 2 fully saturated rings. The lowest BCUT2D eigenvalue weighted by molar-refractivity contribution is -0.124. The van der Waals surface area contributed by atoms with Crippen LogP contribution in [0.1, 0.15) is 29.0 Å². The first-order valence-corrected chi connectivity index (χ1v) is 12.3. The minimum atomic E-state index is -0.384. The number of fused-ring (bicyclic) bond motifs is 1. The Bertz CT molecular complexity index is 1180. The van der Waals surface area contributed by atoms with Crippen LogP contribution in [0.3, 0.4) is 0 Å². The van der Waals surface area contributed by atoms with Crippen LogP contribution in [0.25, 0.3) is 5.65 Å². The molecule has 2 N–H and O–H groups in total. The molecule has 0 bridgehead atoms. The van der Waals surface area contributed by atoms with Gasteiger partial charge >= 0.3 is 0 Å². The summed E-state index contributed by atoms with van der Waals surface area (Å²) in [5, 5.41) is 13.4. The number of amides is 2. The number of benzene rings is 1. The Kier molecular flexibility index (Phi) is 6.63. The largest absolute Gasteiger partial charge is 0.369 e. The molecule has 10 heteroatoms. The van der Waals surface area contributed by atoms with E-state index in [1.54, 1.807) is 4.52 Å². The molecule has 2 aliphatic rings. The Labute approximate surface area is 204 Å². The average Bonchev–Trinajstić information content (AvgIpc) is 3.30. The number of hydrogen-bond donors (Lipinski definition) is 1. The van der Waals surface area contributed by atoms with E-state index < -0.39 is 0 Å². The fraction of sp³-hybridized carbons (Fsp3) is 0.480. The summed E-state index contributed by atoms with van der Waals surface area (Å²) in [4.78, 5) is 31.7. The van der Waals surface area contributed by atoms with Crippen LogP contribution >= 0.6 is 0 Å². The van der Waals surface area contributed by atoms with Gasteiger partial charge in [-0.05, 0) is 50.1 Å². The maximum absolute atomic E-state index is 12.8. The number of carbonyl (C=O) groups is 2. The molecule has 10 nitrogen and oxygen atoms in total. The van der Waals surface area contributed by atoms with Crippen LogP contribution in [0.4, 0.5) is 5.82 Å². The lowest BCUT2D eigenvalue weighted by Crippen LogP contribution is -2.45. The van der Waals surface area contributed by atoms with Crippen molar-refractivity contribution < 1.29 is 9.59 Å². The first-order valence-electron chi connectivity index (χ1n) is 12.3.